The van der Waals surface area contributed by atoms with Gasteiger partial charge in [-0.15, -0.1) is 0 Å². The molecule has 1 N–H and O–H groups in total. The molecule has 0 bridgehead atoms. The molecule has 1 saturated heterocycles. The second-order valence-electron chi connectivity index (χ2n) is 4.86. The van der Waals surface area contributed by atoms with Crippen molar-refractivity contribution >= 4 is 5.78 Å². The summed E-state index contributed by atoms with van der Waals surface area (Å²) < 4.78 is 0. The van der Waals surface area contributed by atoms with Crippen molar-refractivity contribution in [1.82, 2.24) is 5.32 Å². The number of rotatable bonds is 0. The van der Waals surface area contributed by atoms with Crippen molar-refractivity contribution in [3.05, 3.63) is 35.4 Å². The standard InChI is InChI=1S/C13H15NO/c15-12-8-13(5-6-14-9-13)7-10-3-1-2-4-11(10)12/h1-4,14H,5-9H2. The Bertz CT molecular complexity index is 405. The quantitative estimate of drug-likeness (QED) is 0.693. The Labute approximate surface area is 89.7 Å². The maximum Gasteiger partial charge on any atom is 0.163 e. The van der Waals surface area contributed by atoms with Crippen molar-refractivity contribution < 1.29 is 4.79 Å². The Morgan fingerprint density at radius 1 is 1.20 bits per heavy atom. The largest absolute Gasteiger partial charge is 0.316 e. The molecule has 2 nitrogen and oxygen atoms in total. The minimum Gasteiger partial charge on any atom is -0.316 e. The van der Waals surface area contributed by atoms with E-state index in [1.165, 1.54) is 5.56 Å². The molecule has 1 aromatic rings. The Morgan fingerprint density at radius 2 is 2.07 bits per heavy atom. The highest BCUT2D eigenvalue weighted by atomic mass is 16.1. The Kier molecular flexibility index (Phi) is 1.93. The van der Waals surface area contributed by atoms with Gasteiger partial charge in [0.15, 0.2) is 5.78 Å². The van der Waals surface area contributed by atoms with Gasteiger partial charge in [0.1, 0.15) is 0 Å². The van der Waals surface area contributed by atoms with E-state index in [2.05, 4.69) is 11.4 Å². The van der Waals surface area contributed by atoms with E-state index < -0.39 is 0 Å². The van der Waals surface area contributed by atoms with Crippen molar-refractivity contribution in [2.24, 2.45) is 5.41 Å². The smallest absolute Gasteiger partial charge is 0.163 e. The molecule has 1 heterocycles. The molecular formula is C13H15NO. The SMILES string of the molecule is O=C1CC2(CCNC2)Cc2ccccc21. The van der Waals surface area contributed by atoms with Crippen LogP contribution in [0.4, 0.5) is 0 Å². The van der Waals surface area contributed by atoms with Gasteiger partial charge in [0.2, 0.25) is 0 Å². The zero-order valence-electron chi connectivity index (χ0n) is 8.75. The van der Waals surface area contributed by atoms with E-state index in [0.29, 0.717) is 5.78 Å². The van der Waals surface area contributed by atoms with Gasteiger partial charge in [0.25, 0.3) is 0 Å². The van der Waals surface area contributed by atoms with Crippen LogP contribution in [0, 0.1) is 5.41 Å². The minimum atomic E-state index is 0.228. The summed E-state index contributed by atoms with van der Waals surface area (Å²) in [4.78, 5) is 12.0. The van der Waals surface area contributed by atoms with E-state index in [0.717, 1.165) is 37.9 Å². The molecule has 1 fully saturated rings. The van der Waals surface area contributed by atoms with E-state index in [1.807, 2.05) is 18.2 Å². The minimum absolute atomic E-state index is 0.228. The van der Waals surface area contributed by atoms with Crippen molar-refractivity contribution in [3.63, 3.8) is 0 Å². The van der Waals surface area contributed by atoms with Gasteiger partial charge in [-0.3, -0.25) is 4.79 Å². The maximum absolute atomic E-state index is 12.0. The lowest BCUT2D eigenvalue weighted by molar-refractivity contribution is 0.0899. The number of ketones is 1. The van der Waals surface area contributed by atoms with Gasteiger partial charge in [0, 0.05) is 18.5 Å². The number of benzene rings is 1. The van der Waals surface area contributed by atoms with Crippen LogP contribution in [0.5, 0.6) is 0 Å². The molecule has 1 atom stereocenters. The number of nitrogens with one attached hydrogen (secondary N) is 1. The number of hydrogen-bond donors (Lipinski definition) is 1. The summed E-state index contributed by atoms with van der Waals surface area (Å²) in [5.74, 6) is 0.334. The summed E-state index contributed by atoms with van der Waals surface area (Å²) in [6, 6.07) is 8.06. The number of hydrogen-bond acceptors (Lipinski definition) is 2. The van der Waals surface area contributed by atoms with Crippen molar-refractivity contribution in [1.29, 1.82) is 0 Å². The molecule has 1 unspecified atom stereocenters. The predicted molar refractivity (Wildman–Crippen MR) is 59.0 cm³/mol. The highest BCUT2D eigenvalue weighted by molar-refractivity contribution is 5.99. The van der Waals surface area contributed by atoms with Gasteiger partial charge in [-0.05, 0) is 30.4 Å². The molecule has 0 radical (unpaired) electrons. The highest BCUT2D eigenvalue weighted by Crippen LogP contribution is 2.39. The normalized spacial score (nSPS) is 29.5. The van der Waals surface area contributed by atoms with Gasteiger partial charge >= 0.3 is 0 Å². The summed E-state index contributed by atoms with van der Waals surface area (Å²) in [7, 11) is 0. The van der Waals surface area contributed by atoms with Crippen LogP contribution < -0.4 is 5.32 Å². The topological polar surface area (TPSA) is 29.1 Å². The molecule has 0 aromatic heterocycles. The second-order valence-corrected chi connectivity index (χ2v) is 4.86. The van der Waals surface area contributed by atoms with E-state index in [9.17, 15) is 4.79 Å². The van der Waals surface area contributed by atoms with Crippen LogP contribution in [-0.4, -0.2) is 18.9 Å². The molecule has 1 spiro atoms. The molecule has 15 heavy (non-hydrogen) atoms. The Morgan fingerprint density at radius 3 is 2.87 bits per heavy atom. The van der Waals surface area contributed by atoms with Crippen LogP contribution in [-0.2, 0) is 6.42 Å². The molecule has 1 aliphatic carbocycles. The number of Topliss-reactive ketones (excluding diaryl/α,β-unsaturated/α-hetero) is 1. The number of carbonyl (C=O) groups is 1. The molecular weight excluding hydrogens is 186 g/mol. The molecule has 2 aliphatic rings. The third kappa shape index (κ3) is 1.40. The average Bonchev–Trinajstić information content (AvgIpc) is 2.66. The van der Waals surface area contributed by atoms with Gasteiger partial charge < -0.3 is 5.32 Å². The van der Waals surface area contributed by atoms with Gasteiger partial charge in [-0.25, -0.2) is 0 Å². The summed E-state index contributed by atoms with van der Waals surface area (Å²) in [5.41, 5.74) is 2.43. The van der Waals surface area contributed by atoms with Crippen molar-refractivity contribution in [2.45, 2.75) is 19.3 Å². The van der Waals surface area contributed by atoms with Crippen LogP contribution >= 0.6 is 0 Å². The van der Waals surface area contributed by atoms with Crippen LogP contribution in [0.2, 0.25) is 0 Å². The molecule has 0 saturated carbocycles. The average molecular weight is 201 g/mol. The lowest BCUT2D eigenvalue weighted by Gasteiger charge is -2.32. The van der Waals surface area contributed by atoms with E-state index >= 15 is 0 Å². The lowest BCUT2D eigenvalue weighted by atomic mass is 9.70. The number of fused-ring (bicyclic) bond motifs is 1. The molecule has 0 amide bonds. The molecule has 3 rings (SSSR count). The predicted octanol–water partition coefficient (Wildman–Crippen LogP) is 1.80. The van der Waals surface area contributed by atoms with Crippen LogP contribution in [0.1, 0.15) is 28.8 Å². The zero-order valence-corrected chi connectivity index (χ0v) is 8.75. The summed E-state index contributed by atoms with van der Waals surface area (Å²) in [6.45, 7) is 2.07. The zero-order chi connectivity index (χ0) is 10.3. The first-order valence-corrected chi connectivity index (χ1v) is 5.61. The molecule has 78 valence electrons. The van der Waals surface area contributed by atoms with E-state index in [4.69, 9.17) is 0 Å². The third-order valence-corrected chi connectivity index (χ3v) is 3.75. The van der Waals surface area contributed by atoms with E-state index in [-0.39, 0.29) is 5.41 Å². The second kappa shape index (κ2) is 3.17. The van der Waals surface area contributed by atoms with Crippen LogP contribution in [0.25, 0.3) is 0 Å². The Balaban J connectivity index is 2.02. The first-order chi connectivity index (χ1) is 7.29. The first-order valence-electron chi connectivity index (χ1n) is 5.61. The first kappa shape index (κ1) is 9.10. The fraction of sp³-hybridized carbons (Fsp3) is 0.462. The third-order valence-electron chi connectivity index (χ3n) is 3.75. The van der Waals surface area contributed by atoms with Gasteiger partial charge in [0.05, 0.1) is 0 Å². The molecule has 2 heteroatoms. The highest BCUT2D eigenvalue weighted by Gasteiger charge is 2.40. The summed E-state index contributed by atoms with van der Waals surface area (Å²) in [5, 5.41) is 3.38. The van der Waals surface area contributed by atoms with Crippen molar-refractivity contribution in [2.75, 3.05) is 13.1 Å². The lowest BCUT2D eigenvalue weighted by Crippen LogP contribution is -2.34. The van der Waals surface area contributed by atoms with Crippen LogP contribution in [0.15, 0.2) is 24.3 Å². The fourth-order valence-electron chi connectivity index (χ4n) is 2.95. The summed E-state index contributed by atoms with van der Waals surface area (Å²) in [6.07, 6.45) is 2.95. The Hall–Kier alpha value is -1.15. The van der Waals surface area contributed by atoms with Gasteiger partial charge in [-0.2, -0.15) is 0 Å². The van der Waals surface area contributed by atoms with E-state index in [1.54, 1.807) is 0 Å². The number of carbonyl (C=O) groups excluding carboxylic acids is 1. The molecule has 1 aromatic carbocycles. The van der Waals surface area contributed by atoms with Crippen molar-refractivity contribution in [3.8, 4) is 0 Å². The monoisotopic (exact) mass is 201 g/mol. The fourth-order valence-corrected chi connectivity index (χ4v) is 2.95. The van der Waals surface area contributed by atoms with Crippen LogP contribution in [0.3, 0.4) is 0 Å². The summed E-state index contributed by atoms with van der Waals surface area (Å²) >= 11 is 0. The maximum atomic E-state index is 12.0. The van der Waals surface area contributed by atoms with Gasteiger partial charge in [-0.1, -0.05) is 24.3 Å². The molecule has 1 aliphatic heterocycles.